The van der Waals surface area contributed by atoms with Gasteiger partial charge in [0.1, 0.15) is 0 Å². The Kier molecular flexibility index (Phi) is 4.39. The Bertz CT molecular complexity index is 1220. The fourth-order valence-corrected chi connectivity index (χ4v) is 4.21. The van der Waals surface area contributed by atoms with Crippen LogP contribution in [-0.2, 0) is 6.42 Å². The SMILES string of the molecule is CC1c2cc(-c3cccnc3)ccc2CCN1C(=O)c1cc2ncc(Br)cn2n1. The summed E-state index contributed by atoms with van der Waals surface area (Å²) in [5.41, 5.74) is 5.71. The van der Waals surface area contributed by atoms with Crippen LogP contribution in [-0.4, -0.2) is 36.9 Å². The van der Waals surface area contributed by atoms with E-state index in [1.54, 1.807) is 29.2 Å². The number of pyridine rings is 1. The largest absolute Gasteiger partial charge is 0.330 e. The van der Waals surface area contributed by atoms with Gasteiger partial charge in [0.25, 0.3) is 5.91 Å². The smallest absolute Gasteiger partial charge is 0.274 e. The lowest BCUT2D eigenvalue weighted by atomic mass is 9.90. The van der Waals surface area contributed by atoms with Gasteiger partial charge >= 0.3 is 0 Å². The molecular weight excluding hydrogens is 430 g/mol. The molecule has 29 heavy (non-hydrogen) atoms. The van der Waals surface area contributed by atoms with Gasteiger partial charge in [0.15, 0.2) is 11.3 Å². The van der Waals surface area contributed by atoms with Gasteiger partial charge in [-0.25, -0.2) is 9.50 Å². The van der Waals surface area contributed by atoms with Crippen LogP contribution < -0.4 is 0 Å². The third-order valence-corrected chi connectivity index (χ3v) is 5.85. The van der Waals surface area contributed by atoms with E-state index in [-0.39, 0.29) is 11.9 Å². The molecule has 0 saturated heterocycles. The number of amides is 1. The molecule has 5 rings (SSSR count). The second-order valence-corrected chi connectivity index (χ2v) is 8.10. The van der Waals surface area contributed by atoms with Gasteiger partial charge in [-0.2, -0.15) is 5.10 Å². The van der Waals surface area contributed by atoms with Crippen molar-refractivity contribution in [2.45, 2.75) is 19.4 Å². The molecule has 0 spiro atoms. The number of rotatable bonds is 2. The first-order valence-corrected chi connectivity index (χ1v) is 10.2. The quantitative estimate of drug-likeness (QED) is 0.459. The van der Waals surface area contributed by atoms with Crippen LogP contribution in [0, 0.1) is 0 Å². The molecule has 6 nitrogen and oxygen atoms in total. The zero-order valence-corrected chi connectivity index (χ0v) is 17.4. The minimum atomic E-state index is -0.0726. The fourth-order valence-electron chi connectivity index (χ4n) is 3.91. The van der Waals surface area contributed by atoms with Crippen LogP contribution in [0.5, 0.6) is 0 Å². The van der Waals surface area contributed by atoms with Crippen LogP contribution in [0.2, 0.25) is 0 Å². The van der Waals surface area contributed by atoms with Gasteiger partial charge in [-0.3, -0.25) is 9.78 Å². The predicted molar refractivity (Wildman–Crippen MR) is 114 cm³/mol. The molecule has 0 N–H and O–H groups in total. The molecule has 7 heteroatoms. The zero-order chi connectivity index (χ0) is 20.0. The molecule has 0 fully saturated rings. The number of carbonyl (C=O) groups is 1. The van der Waals surface area contributed by atoms with E-state index in [0.29, 0.717) is 17.9 Å². The maximum atomic E-state index is 13.2. The van der Waals surface area contributed by atoms with Crippen molar-refractivity contribution in [2.75, 3.05) is 6.54 Å². The van der Waals surface area contributed by atoms with Crippen LogP contribution in [0.1, 0.15) is 34.6 Å². The van der Waals surface area contributed by atoms with Gasteiger partial charge in [-0.1, -0.05) is 18.2 Å². The van der Waals surface area contributed by atoms with Gasteiger partial charge in [-0.05, 0) is 63.7 Å². The Morgan fingerprint density at radius 2 is 2.07 bits per heavy atom. The van der Waals surface area contributed by atoms with Crippen LogP contribution in [0.15, 0.2) is 65.7 Å². The second kappa shape index (κ2) is 7.08. The molecule has 4 heterocycles. The minimum Gasteiger partial charge on any atom is -0.330 e. The minimum absolute atomic E-state index is 0.0348. The molecule has 1 amide bonds. The lowest BCUT2D eigenvalue weighted by Gasteiger charge is -2.35. The van der Waals surface area contributed by atoms with Gasteiger partial charge in [0.2, 0.25) is 0 Å². The van der Waals surface area contributed by atoms with Crippen molar-refractivity contribution in [1.82, 2.24) is 24.5 Å². The molecule has 1 atom stereocenters. The summed E-state index contributed by atoms with van der Waals surface area (Å²) < 4.78 is 2.44. The van der Waals surface area contributed by atoms with Crippen LogP contribution >= 0.6 is 15.9 Å². The van der Waals surface area contributed by atoms with Crippen molar-refractivity contribution >= 4 is 27.5 Å². The highest BCUT2D eigenvalue weighted by molar-refractivity contribution is 9.10. The molecule has 1 aliphatic rings. The molecule has 0 bridgehead atoms. The molecule has 1 unspecified atom stereocenters. The first-order chi connectivity index (χ1) is 14.1. The molecule has 3 aromatic heterocycles. The normalized spacial score (nSPS) is 16.1. The van der Waals surface area contributed by atoms with Crippen LogP contribution in [0.25, 0.3) is 16.8 Å². The Hall–Kier alpha value is -3.06. The summed E-state index contributed by atoms with van der Waals surface area (Å²) in [5.74, 6) is -0.0726. The lowest BCUT2D eigenvalue weighted by molar-refractivity contribution is 0.0671. The molecule has 1 aromatic carbocycles. The number of carbonyl (C=O) groups excluding carboxylic acids is 1. The van der Waals surface area contributed by atoms with Gasteiger partial charge in [0.05, 0.1) is 10.5 Å². The van der Waals surface area contributed by atoms with E-state index in [9.17, 15) is 4.79 Å². The highest BCUT2D eigenvalue weighted by Gasteiger charge is 2.30. The van der Waals surface area contributed by atoms with Crippen molar-refractivity contribution in [3.8, 4) is 11.1 Å². The highest BCUT2D eigenvalue weighted by atomic mass is 79.9. The van der Waals surface area contributed by atoms with Crippen molar-refractivity contribution in [3.05, 3.63) is 82.5 Å². The summed E-state index contributed by atoms with van der Waals surface area (Å²) in [5, 5.41) is 4.43. The number of hydrogen-bond donors (Lipinski definition) is 0. The summed E-state index contributed by atoms with van der Waals surface area (Å²) in [4.78, 5) is 23.6. The average molecular weight is 448 g/mol. The van der Waals surface area contributed by atoms with E-state index in [1.807, 2.05) is 23.2 Å². The summed E-state index contributed by atoms with van der Waals surface area (Å²) in [6.07, 6.45) is 7.96. The summed E-state index contributed by atoms with van der Waals surface area (Å²) in [7, 11) is 0. The Morgan fingerprint density at radius 3 is 2.90 bits per heavy atom. The lowest BCUT2D eigenvalue weighted by Crippen LogP contribution is -2.39. The Morgan fingerprint density at radius 1 is 1.17 bits per heavy atom. The topological polar surface area (TPSA) is 63.4 Å². The second-order valence-electron chi connectivity index (χ2n) is 7.18. The predicted octanol–water partition coefficient (Wildman–Crippen LogP) is 4.31. The third-order valence-electron chi connectivity index (χ3n) is 5.44. The monoisotopic (exact) mass is 447 g/mol. The van der Waals surface area contributed by atoms with E-state index in [1.165, 1.54) is 11.1 Å². The van der Waals surface area contributed by atoms with Crippen molar-refractivity contribution in [1.29, 1.82) is 0 Å². The Balaban J connectivity index is 1.48. The molecule has 4 aromatic rings. The van der Waals surface area contributed by atoms with Gasteiger partial charge in [-0.15, -0.1) is 0 Å². The molecular formula is C22H18BrN5O. The summed E-state index contributed by atoms with van der Waals surface area (Å²) in [6, 6.07) is 12.2. The number of benzene rings is 1. The number of fused-ring (bicyclic) bond motifs is 2. The van der Waals surface area contributed by atoms with Gasteiger partial charge in [0, 0.05) is 37.4 Å². The fraction of sp³-hybridized carbons (Fsp3) is 0.182. The molecule has 1 aliphatic heterocycles. The maximum Gasteiger partial charge on any atom is 0.274 e. The molecule has 0 saturated carbocycles. The van der Waals surface area contributed by atoms with Gasteiger partial charge < -0.3 is 4.90 Å². The molecule has 144 valence electrons. The Labute approximate surface area is 176 Å². The van der Waals surface area contributed by atoms with Crippen LogP contribution in [0.4, 0.5) is 0 Å². The molecule has 0 radical (unpaired) electrons. The van der Waals surface area contributed by atoms with Crippen molar-refractivity contribution in [2.24, 2.45) is 0 Å². The zero-order valence-electron chi connectivity index (χ0n) is 15.8. The first kappa shape index (κ1) is 18.0. The highest BCUT2D eigenvalue weighted by Crippen LogP contribution is 2.33. The summed E-state index contributed by atoms with van der Waals surface area (Å²) >= 11 is 3.39. The molecule has 0 aliphatic carbocycles. The van der Waals surface area contributed by atoms with E-state index < -0.39 is 0 Å². The number of halogens is 1. The van der Waals surface area contributed by atoms with E-state index in [0.717, 1.165) is 22.0 Å². The summed E-state index contributed by atoms with van der Waals surface area (Å²) in [6.45, 7) is 2.75. The third kappa shape index (κ3) is 3.21. The van der Waals surface area contributed by atoms with E-state index >= 15 is 0 Å². The number of hydrogen-bond acceptors (Lipinski definition) is 4. The van der Waals surface area contributed by atoms with E-state index in [2.05, 4.69) is 56.1 Å². The van der Waals surface area contributed by atoms with E-state index in [4.69, 9.17) is 0 Å². The van der Waals surface area contributed by atoms with Crippen LogP contribution in [0.3, 0.4) is 0 Å². The maximum absolute atomic E-state index is 13.2. The van der Waals surface area contributed by atoms with Crippen molar-refractivity contribution < 1.29 is 4.79 Å². The number of aromatic nitrogens is 4. The standard InChI is InChI=1S/C22H18BrN5O/c1-14-19-9-16(17-3-2-7-24-11-17)5-4-15(19)6-8-27(14)22(29)20-10-21-25-12-18(23)13-28(21)26-20/h2-5,7,9-14H,6,8H2,1H3. The average Bonchev–Trinajstić information content (AvgIpc) is 3.17. The number of nitrogens with zero attached hydrogens (tertiary/aromatic N) is 5. The first-order valence-electron chi connectivity index (χ1n) is 9.45. The van der Waals surface area contributed by atoms with Crippen molar-refractivity contribution in [3.63, 3.8) is 0 Å².